The van der Waals surface area contributed by atoms with Crippen LogP contribution in [0.15, 0.2) is 52.1 Å². The van der Waals surface area contributed by atoms with E-state index in [2.05, 4.69) is 34.7 Å². The van der Waals surface area contributed by atoms with Crippen molar-refractivity contribution < 1.29 is 14.3 Å². The second kappa shape index (κ2) is 10.0. The first-order valence-corrected chi connectivity index (χ1v) is 9.38. The third kappa shape index (κ3) is 6.32. The number of hydrogen-bond donors (Lipinski definition) is 3. The third-order valence-corrected chi connectivity index (χ3v) is 4.50. The molecule has 2 rings (SSSR count). The fourth-order valence-corrected chi connectivity index (χ4v) is 2.74. The highest BCUT2D eigenvalue weighted by molar-refractivity contribution is 5.79. The number of benzene rings is 1. The van der Waals surface area contributed by atoms with E-state index in [1.807, 2.05) is 19.1 Å². The molecular weight excluding hydrogens is 342 g/mol. The Morgan fingerprint density at radius 2 is 2.00 bits per heavy atom. The first-order chi connectivity index (χ1) is 13.0. The fraction of sp³-hybridized carbons (Fsp3) is 0.476. The number of hydrogen-bond acceptors (Lipinski definition) is 4. The minimum atomic E-state index is -1.14. The third-order valence-electron chi connectivity index (χ3n) is 4.50. The molecule has 6 heteroatoms. The highest BCUT2D eigenvalue weighted by Crippen LogP contribution is 2.22. The molecule has 2 atom stereocenters. The zero-order valence-corrected chi connectivity index (χ0v) is 16.7. The van der Waals surface area contributed by atoms with Crippen LogP contribution in [0.3, 0.4) is 0 Å². The first-order valence-electron chi connectivity index (χ1n) is 9.38. The molecule has 2 unspecified atom stereocenters. The van der Waals surface area contributed by atoms with E-state index in [0.29, 0.717) is 17.6 Å². The summed E-state index contributed by atoms with van der Waals surface area (Å²) in [5.41, 5.74) is 0.141. The molecule has 0 radical (unpaired) electrons. The van der Waals surface area contributed by atoms with E-state index in [9.17, 15) is 5.11 Å². The Hall–Kier alpha value is -2.47. The van der Waals surface area contributed by atoms with E-state index in [-0.39, 0.29) is 6.54 Å². The molecule has 27 heavy (non-hydrogen) atoms. The van der Waals surface area contributed by atoms with Gasteiger partial charge in [-0.25, -0.2) is 4.99 Å². The van der Waals surface area contributed by atoms with Gasteiger partial charge in [-0.3, -0.25) is 0 Å². The van der Waals surface area contributed by atoms with Crippen molar-refractivity contribution >= 4 is 5.96 Å². The summed E-state index contributed by atoms with van der Waals surface area (Å²) in [4.78, 5) is 4.50. The average molecular weight is 373 g/mol. The number of rotatable bonds is 9. The Kier molecular flexibility index (Phi) is 7.73. The molecular formula is C21H31N3O3. The zero-order valence-electron chi connectivity index (χ0n) is 16.7. The molecule has 0 aliphatic carbocycles. The van der Waals surface area contributed by atoms with Gasteiger partial charge in [0.1, 0.15) is 17.1 Å². The van der Waals surface area contributed by atoms with Gasteiger partial charge in [-0.05, 0) is 56.0 Å². The smallest absolute Gasteiger partial charge is 0.191 e. The molecule has 1 heterocycles. The van der Waals surface area contributed by atoms with Crippen LogP contribution in [0.25, 0.3) is 0 Å². The topological polar surface area (TPSA) is 79.0 Å². The van der Waals surface area contributed by atoms with E-state index < -0.39 is 5.60 Å². The van der Waals surface area contributed by atoms with Gasteiger partial charge in [-0.1, -0.05) is 19.1 Å². The molecule has 0 saturated heterocycles. The van der Waals surface area contributed by atoms with Crippen LogP contribution in [0.5, 0.6) is 5.75 Å². The minimum Gasteiger partial charge on any atom is -0.497 e. The van der Waals surface area contributed by atoms with Crippen LogP contribution in [0.1, 0.15) is 44.4 Å². The monoisotopic (exact) mass is 373 g/mol. The Balaban J connectivity index is 1.87. The summed E-state index contributed by atoms with van der Waals surface area (Å²) in [5, 5.41) is 17.1. The van der Waals surface area contributed by atoms with Crippen molar-refractivity contribution in [1.82, 2.24) is 10.6 Å². The van der Waals surface area contributed by atoms with Crippen LogP contribution in [-0.2, 0) is 5.60 Å². The minimum absolute atomic E-state index is 0.212. The van der Waals surface area contributed by atoms with Crippen LogP contribution < -0.4 is 15.4 Å². The molecule has 1 aromatic heterocycles. The lowest BCUT2D eigenvalue weighted by Crippen LogP contribution is -2.39. The molecule has 1 aromatic carbocycles. The van der Waals surface area contributed by atoms with Crippen molar-refractivity contribution in [3.05, 3.63) is 54.0 Å². The van der Waals surface area contributed by atoms with Crippen LogP contribution >= 0.6 is 0 Å². The summed E-state index contributed by atoms with van der Waals surface area (Å²) in [6.07, 6.45) is 2.52. The number of methoxy groups -OCH3 is 1. The first kappa shape index (κ1) is 20.8. The Bertz CT molecular complexity index is 694. The van der Waals surface area contributed by atoms with Gasteiger partial charge in [0.15, 0.2) is 5.96 Å². The van der Waals surface area contributed by atoms with E-state index >= 15 is 0 Å². The highest BCUT2D eigenvalue weighted by atomic mass is 16.5. The van der Waals surface area contributed by atoms with Gasteiger partial charge in [0.25, 0.3) is 0 Å². The number of nitrogens with one attached hydrogen (secondary N) is 2. The van der Waals surface area contributed by atoms with Gasteiger partial charge < -0.3 is 24.9 Å². The Morgan fingerprint density at radius 1 is 1.26 bits per heavy atom. The number of aliphatic hydroxyl groups is 1. The molecule has 0 spiro atoms. The summed E-state index contributed by atoms with van der Waals surface area (Å²) in [5.74, 6) is 2.48. The van der Waals surface area contributed by atoms with Crippen molar-refractivity contribution in [1.29, 1.82) is 0 Å². The van der Waals surface area contributed by atoms with Crippen LogP contribution in [0, 0.1) is 0 Å². The Labute approximate surface area is 161 Å². The quantitative estimate of drug-likeness (QED) is 0.464. The van der Waals surface area contributed by atoms with Crippen molar-refractivity contribution in [3.63, 3.8) is 0 Å². The van der Waals surface area contributed by atoms with Gasteiger partial charge in [0.05, 0.1) is 19.9 Å². The maximum absolute atomic E-state index is 10.5. The van der Waals surface area contributed by atoms with Gasteiger partial charge in [-0.15, -0.1) is 0 Å². The van der Waals surface area contributed by atoms with Gasteiger partial charge in [0.2, 0.25) is 0 Å². The molecule has 0 aliphatic heterocycles. The number of aliphatic imine (C=N–C) groups is 1. The van der Waals surface area contributed by atoms with E-state index in [4.69, 9.17) is 9.15 Å². The van der Waals surface area contributed by atoms with E-state index in [0.717, 1.165) is 25.3 Å². The summed E-state index contributed by atoms with van der Waals surface area (Å²) >= 11 is 0. The summed E-state index contributed by atoms with van der Waals surface area (Å²) < 4.78 is 10.5. The SMILES string of the molecule is CCNC(=NCC(C)(O)c1ccco1)NCCC(C)c1ccc(OC)cc1. The number of guanidine groups is 1. The maximum Gasteiger partial charge on any atom is 0.191 e. The molecule has 0 fully saturated rings. The van der Waals surface area contributed by atoms with Crippen LogP contribution in [0.2, 0.25) is 0 Å². The van der Waals surface area contributed by atoms with Crippen LogP contribution in [0.4, 0.5) is 0 Å². The normalized spacial score (nSPS) is 15.1. The summed E-state index contributed by atoms with van der Waals surface area (Å²) in [6.45, 7) is 7.66. The maximum atomic E-state index is 10.5. The predicted octanol–water partition coefficient (Wildman–Crippen LogP) is 3.24. The standard InChI is InChI=1S/C21H31N3O3/c1-5-22-20(24-15-21(3,25)19-7-6-14-27-19)23-13-12-16(2)17-8-10-18(26-4)11-9-17/h6-11,14,16,25H,5,12-13,15H2,1-4H3,(H2,22,23,24). The van der Waals surface area contributed by atoms with E-state index in [1.54, 1.807) is 32.4 Å². The number of furan rings is 1. The largest absolute Gasteiger partial charge is 0.497 e. The molecule has 148 valence electrons. The number of nitrogens with zero attached hydrogens (tertiary/aromatic N) is 1. The second-order valence-corrected chi connectivity index (χ2v) is 6.84. The second-order valence-electron chi connectivity index (χ2n) is 6.84. The number of ether oxygens (including phenoxy) is 1. The molecule has 0 amide bonds. The van der Waals surface area contributed by atoms with Crippen molar-refractivity contribution in [2.24, 2.45) is 4.99 Å². The van der Waals surface area contributed by atoms with Gasteiger partial charge in [-0.2, -0.15) is 0 Å². The fourth-order valence-electron chi connectivity index (χ4n) is 2.74. The Morgan fingerprint density at radius 3 is 2.59 bits per heavy atom. The van der Waals surface area contributed by atoms with Gasteiger partial charge in [0, 0.05) is 13.1 Å². The van der Waals surface area contributed by atoms with Gasteiger partial charge >= 0.3 is 0 Å². The molecule has 6 nitrogen and oxygen atoms in total. The van der Waals surface area contributed by atoms with Crippen molar-refractivity contribution in [3.8, 4) is 5.75 Å². The molecule has 3 N–H and O–H groups in total. The van der Waals surface area contributed by atoms with Crippen LogP contribution in [-0.4, -0.2) is 37.8 Å². The lowest BCUT2D eigenvalue weighted by atomic mass is 9.98. The predicted molar refractivity (Wildman–Crippen MR) is 108 cm³/mol. The molecule has 0 bridgehead atoms. The summed E-state index contributed by atoms with van der Waals surface area (Å²) in [6, 6.07) is 11.7. The lowest BCUT2D eigenvalue weighted by Gasteiger charge is -2.20. The summed E-state index contributed by atoms with van der Waals surface area (Å²) in [7, 11) is 1.67. The zero-order chi connectivity index (χ0) is 19.7. The lowest BCUT2D eigenvalue weighted by molar-refractivity contribution is 0.0437. The average Bonchev–Trinajstić information content (AvgIpc) is 3.22. The molecule has 0 saturated carbocycles. The van der Waals surface area contributed by atoms with Crippen molar-refractivity contribution in [2.75, 3.05) is 26.7 Å². The molecule has 0 aliphatic rings. The molecule has 2 aromatic rings. The van der Waals surface area contributed by atoms with E-state index in [1.165, 1.54) is 5.56 Å². The van der Waals surface area contributed by atoms with Crippen molar-refractivity contribution in [2.45, 2.75) is 38.7 Å². The highest BCUT2D eigenvalue weighted by Gasteiger charge is 2.26.